The minimum atomic E-state index is 0.174. The van der Waals surface area contributed by atoms with Gasteiger partial charge in [0.2, 0.25) is 0 Å². The number of nitrogens with one attached hydrogen (secondary N) is 1. The number of carbonyl (C=O) groups excluding carboxylic acids is 1. The Balaban J connectivity index is 3.03. The van der Waals surface area contributed by atoms with Crippen LogP contribution in [0.25, 0.3) is 0 Å². The van der Waals surface area contributed by atoms with E-state index in [0.717, 1.165) is 23.1 Å². The Labute approximate surface area is 85.3 Å². The summed E-state index contributed by atoms with van der Waals surface area (Å²) in [6, 6.07) is 6.06. The normalized spacial score (nSPS) is 10.2. The van der Waals surface area contributed by atoms with Gasteiger partial charge in [-0.05, 0) is 32.0 Å². The lowest BCUT2D eigenvalue weighted by Gasteiger charge is -2.07. The van der Waals surface area contributed by atoms with Crippen molar-refractivity contribution >= 4 is 5.78 Å². The number of carbonyl (C=O) groups is 1. The van der Waals surface area contributed by atoms with Crippen LogP contribution in [0, 0.1) is 6.92 Å². The molecule has 0 fully saturated rings. The fourth-order valence-corrected chi connectivity index (χ4v) is 1.51. The van der Waals surface area contributed by atoms with Crippen LogP contribution in [0.5, 0.6) is 0 Å². The predicted molar refractivity (Wildman–Crippen MR) is 58.8 cm³/mol. The highest BCUT2D eigenvalue weighted by Gasteiger charge is 2.09. The van der Waals surface area contributed by atoms with E-state index in [1.807, 2.05) is 19.1 Å². The van der Waals surface area contributed by atoms with Crippen molar-refractivity contribution in [3.63, 3.8) is 0 Å². The third kappa shape index (κ3) is 2.42. The van der Waals surface area contributed by atoms with E-state index in [1.54, 1.807) is 7.05 Å². The molecule has 2 heteroatoms. The van der Waals surface area contributed by atoms with E-state index in [9.17, 15) is 4.79 Å². The highest BCUT2D eigenvalue weighted by Crippen LogP contribution is 2.12. The van der Waals surface area contributed by atoms with Crippen LogP contribution in [0.4, 0.5) is 0 Å². The minimum absolute atomic E-state index is 0.174. The van der Waals surface area contributed by atoms with Gasteiger partial charge >= 0.3 is 0 Å². The third-order valence-electron chi connectivity index (χ3n) is 2.28. The maximum absolute atomic E-state index is 11.7. The van der Waals surface area contributed by atoms with Gasteiger partial charge in [-0.2, -0.15) is 0 Å². The summed E-state index contributed by atoms with van der Waals surface area (Å²) in [6.45, 7) is 4.49. The number of benzene rings is 1. The zero-order valence-electron chi connectivity index (χ0n) is 9.05. The number of ketones is 1. The molecule has 0 unspecified atom stereocenters. The van der Waals surface area contributed by atoms with Crippen LogP contribution in [-0.2, 0) is 6.42 Å². The molecule has 0 aliphatic carbocycles. The first-order chi connectivity index (χ1) is 6.69. The van der Waals surface area contributed by atoms with Crippen LogP contribution >= 0.6 is 0 Å². The van der Waals surface area contributed by atoms with Gasteiger partial charge in [0.1, 0.15) is 0 Å². The minimum Gasteiger partial charge on any atom is -0.313 e. The Hall–Kier alpha value is -1.15. The van der Waals surface area contributed by atoms with Crippen LogP contribution in [0.3, 0.4) is 0 Å². The van der Waals surface area contributed by atoms with Gasteiger partial charge in [0.05, 0.1) is 6.54 Å². The summed E-state index contributed by atoms with van der Waals surface area (Å²) < 4.78 is 0. The zero-order chi connectivity index (χ0) is 10.6. The lowest BCUT2D eigenvalue weighted by molar-refractivity contribution is 0.0992. The number of hydrogen-bond acceptors (Lipinski definition) is 2. The van der Waals surface area contributed by atoms with E-state index in [0.29, 0.717) is 6.54 Å². The molecule has 14 heavy (non-hydrogen) atoms. The first kappa shape index (κ1) is 10.9. The second-order valence-corrected chi connectivity index (χ2v) is 3.47. The molecular weight excluding hydrogens is 174 g/mol. The molecule has 76 valence electrons. The van der Waals surface area contributed by atoms with E-state index in [1.165, 1.54) is 0 Å². The van der Waals surface area contributed by atoms with Crippen LogP contribution in [0.2, 0.25) is 0 Å². The van der Waals surface area contributed by atoms with Crippen LogP contribution < -0.4 is 5.32 Å². The quantitative estimate of drug-likeness (QED) is 0.737. The summed E-state index contributed by atoms with van der Waals surface area (Å²) in [5.74, 6) is 0.174. The monoisotopic (exact) mass is 191 g/mol. The molecule has 0 radical (unpaired) electrons. The van der Waals surface area contributed by atoms with E-state index in [-0.39, 0.29) is 5.78 Å². The van der Waals surface area contributed by atoms with E-state index in [4.69, 9.17) is 0 Å². The lowest BCUT2D eigenvalue weighted by Crippen LogP contribution is -2.19. The molecule has 0 aliphatic heterocycles. The molecule has 1 aromatic carbocycles. The van der Waals surface area contributed by atoms with Gasteiger partial charge in [-0.15, -0.1) is 0 Å². The largest absolute Gasteiger partial charge is 0.313 e. The molecule has 0 saturated heterocycles. The predicted octanol–water partition coefficient (Wildman–Crippen LogP) is 1.96. The Bertz CT molecular complexity index is 331. The van der Waals surface area contributed by atoms with Crippen molar-refractivity contribution in [2.45, 2.75) is 20.3 Å². The maximum Gasteiger partial charge on any atom is 0.176 e. The van der Waals surface area contributed by atoms with Gasteiger partial charge in [0, 0.05) is 5.56 Å². The molecule has 0 heterocycles. The van der Waals surface area contributed by atoms with Gasteiger partial charge in [-0.3, -0.25) is 4.79 Å². The molecule has 1 aromatic rings. The maximum atomic E-state index is 11.7. The standard InChI is InChI=1S/C12H17NO/c1-4-10-6-5-9(2)7-11(10)12(14)8-13-3/h5-7,13H,4,8H2,1-3H3. The molecule has 0 amide bonds. The fourth-order valence-electron chi connectivity index (χ4n) is 1.51. The number of aryl methyl sites for hydroxylation is 2. The average Bonchev–Trinajstić information content (AvgIpc) is 2.18. The van der Waals surface area contributed by atoms with Crippen molar-refractivity contribution in [3.05, 3.63) is 34.9 Å². The SMILES string of the molecule is CCc1ccc(C)cc1C(=O)CNC. The van der Waals surface area contributed by atoms with Gasteiger partial charge in [0.15, 0.2) is 5.78 Å². The molecule has 0 aliphatic rings. The summed E-state index contributed by atoms with van der Waals surface area (Å²) in [6.07, 6.45) is 0.908. The second kappa shape index (κ2) is 4.91. The molecule has 0 spiro atoms. The van der Waals surface area contributed by atoms with Crippen molar-refractivity contribution in [1.82, 2.24) is 5.32 Å². The van der Waals surface area contributed by atoms with Gasteiger partial charge in [-0.25, -0.2) is 0 Å². The topological polar surface area (TPSA) is 29.1 Å². The lowest BCUT2D eigenvalue weighted by atomic mass is 9.99. The summed E-state index contributed by atoms with van der Waals surface area (Å²) in [7, 11) is 1.79. The van der Waals surface area contributed by atoms with E-state index >= 15 is 0 Å². The Morgan fingerprint density at radius 1 is 1.43 bits per heavy atom. The zero-order valence-corrected chi connectivity index (χ0v) is 9.05. The number of likely N-dealkylation sites (N-methyl/N-ethyl adjacent to an activating group) is 1. The number of Topliss-reactive ketones (excluding diaryl/α,β-unsaturated/α-hetero) is 1. The fraction of sp³-hybridized carbons (Fsp3) is 0.417. The van der Waals surface area contributed by atoms with E-state index < -0.39 is 0 Å². The molecule has 0 saturated carbocycles. The van der Waals surface area contributed by atoms with Gasteiger partial charge in [0.25, 0.3) is 0 Å². The van der Waals surface area contributed by atoms with Crippen LogP contribution in [0.1, 0.15) is 28.4 Å². The van der Waals surface area contributed by atoms with Crippen LogP contribution in [-0.4, -0.2) is 19.4 Å². The molecular formula is C12H17NO. The van der Waals surface area contributed by atoms with Crippen molar-refractivity contribution in [2.75, 3.05) is 13.6 Å². The molecule has 1 N–H and O–H groups in total. The van der Waals surface area contributed by atoms with Gasteiger partial charge in [-0.1, -0.05) is 24.6 Å². The highest BCUT2D eigenvalue weighted by molar-refractivity contribution is 5.99. The number of hydrogen-bond donors (Lipinski definition) is 1. The summed E-state index contributed by atoms with van der Waals surface area (Å²) in [4.78, 5) is 11.7. The Kier molecular flexibility index (Phi) is 3.84. The Morgan fingerprint density at radius 3 is 2.71 bits per heavy atom. The summed E-state index contributed by atoms with van der Waals surface area (Å²) in [5.41, 5.74) is 3.14. The second-order valence-electron chi connectivity index (χ2n) is 3.47. The van der Waals surface area contributed by atoms with E-state index in [2.05, 4.69) is 18.3 Å². The number of rotatable bonds is 4. The highest BCUT2D eigenvalue weighted by atomic mass is 16.1. The van der Waals surface area contributed by atoms with Gasteiger partial charge < -0.3 is 5.32 Å². The Morgan fingerprint density at radius 2 is 2.14 bits per heavy atom. The molecule has 0 atom stereocenters. The molecule has 0 aromatic heterocycles. The first-order valence-corrected chi connectivity index (χ1v) is 4.96. The summed E-state index contributed by atoms with van der Waals surface area (Å²) in [5, 5.41) is 2.89. The van der Waals surface area contributed by atoms with Crippen molar-refractivity contribution in [3.8, 4) is 0 Å². The molecule has 0 bridgehead atoms. The van der Waals surface area contributed by atoms with Crippen molar-refractivity contribution in [1.29, 1.82) is 0 Å². The third-order valence-corrected chi connectivity index (χ3v) is 2.28. The van der Waals surface area contributed by atoms with Crippen molar-refractivity contribution < 1.29 is 4.79 Å². The molecule has 2 nitrogen and oxygen atoms in total. The molecule has 1 rings (SSSR count). The van der Waals surface area contributed by atoms with Crippen molar-refractivity contribution in [2.24, 2.45) is 0 Å². The van der Waals surface area contributed by atoms with Crippen LogP contribution in [0.15, 0.2) is 18.2 Å². The first-order valence-electron chi connectivity index (χ1n) is 4.96. The average molecular weight is 191 g/mol. The summed E-state index contributed by atoms with van der Waals surface area (Å²) >= 11 is 0. The smallest absolute Gasteiger partial charge is 0.176 e.